The van der Waals surface area contributed by atoms with Crippen molar-refractivity contribution in [3.8, 4) is 0 Å². The highest BCUT2D eigenvalue weighted by atomic mass is 79.9. The third-order valence-corrected chi connectivity index (χ3v) is 3.21. The predicted molar refractivity (Wildman–Crippen MR) is 51.0 cm³/mol. The smallest absolute Gasteiger partial charge is 0.246 e. The Balaban J connectivity index is 2.43. The lowest BCUT2D eigenvalue weighted by atomic mass is 10.4. The largest absolute Gasteiger partial charge is 0.387 e. The van der Waals surface area contributed by atoms with E-state index in [4.69, 9.17) is 5.11 Å². The van der Waals surface area contributed by atoms with Crippen LogP contribution in [0.1, 0.15) is 4.88 Å². The fourth-order valence-electron chi connectivity index (χ4n) is 0.686. The first-order valence-corrected chi connectivity index (χ1v) is 5.00. The zero-order chi connectivity index (χ0) is 8.97. The Morgan fingerprint density at radius 3 is 3.00 bits per heavy atom. The molecule has 0 aliphatic heterocycles. The number of aliphatic hydroxyl groups is 1. The van der Waals surface area contributed by atoms with E-state index < -0.39 is 6.61 Å². The van der Waals surface area contributed by atoms with Crippen LogP contribution in [0.4, 0.5) is 0 Å². The summed E-state index contributed by atoms with van der Waals surface area (Å²) >= 11 is 4.89. The summed E-state index contributed by atoms with van der Waals surface area (Å²) in [6.07, 6.45) is 0. The molecule has 3 nitrogen and oxygen atoms in total. The molecule has 0 atom stereocenters. The molecular formula is C7H8BrNO2S. The van der Waals surface area contributed by atoms with Crippen LogP contribution in [0.3, 0.4) is 0 Å². The summed E-state index contributed by atoms with van der Waals surface area (Å²) in [7, 11) is 0. The topological polar surface area (TPSA) is 49.3 Å². The molecule has 1 heterocycles. The van der Waals surface area contributed by atoms with E-state index in [-0.39, 0.29) is 5.91 Å². The first-order chi connectivity index (χ1) is 5.74. The molecule has 0 spiro atoms. The van der Waals surface area contributed by atoms with Gasteiger partial charge in [-0.1, -0.05) is 0 Å². The fraction of sp³-hybridized carbons (Fsp3) is 0.286. The molecular weight excluding hydrogens is 242 g/mol. The number of hydrogen-bond donors (Lipinski definition) is 2. The Morgan fingerprint density at radius 2 is 2.50 bits per heavy atom. The van der Waals surface area contributed by atoms with Gasteiger partial charge in [0, 0.05) is 9.35 Å². The van der Waals surface area contributed by atoms with E-state index in [0.717, 1.165) is 9.35 Å². The maximum Gasteiger partial charge on any atom is 0.246 e. The standard InChI is InChI=1S/C7H8BrNO2S/c8-5-1-2-12-6(5)3-9-7(11)4-10/h1-2,10H,3-4H2,(H,9,11). The third kappa shape index (κ3) is 2.58. The highest BCUT2D eigenvalue weighted by molar-refractivity contribution is 9.10. The van der Waals surface area contributed by atoms with E-state index in [1.807, 2.05) is 11.4 Å². The van der Waals surface area contributed by atoms with Crippen LogP contribution in [0.5, 0.6) is 0 Å². The van der Waals surface area contributed by atoms with Crippen molar-refractivity contribution in [2.45, 2.75) is 6.54 Å². The molecule has 0 fully saturated rings. The fourth-order valence-corrected chi connectivity index (χ4v) is 2.12. The van der Waals surface area contributed by atoms with Crippen LogP contribution in [-0.2, 0) is 11.3 Å². The van der Waals surface area contributed by atoms with E-state index in [0.29, 0.717) is 6.54 Å². The zero-order valence-electron chi connectivity index (χ0n) is 6.21. The van der Waals surface area contributed by atoms with E-state index >= 15 is 0 Å². The summed E-state index contributed by atoms with van der Waals surface area (Å²) in [4.78, 5) is 11.7. The molecule has 2 N–H and O–H groups in total. The van der Waals surface area contributed by atoms with Gasteiger partial charge in [0.1, 0.15) is 6.61 Å². The van der Waals surface area contributed by atoms with Gasteiger partial charge in [-0.15, -0.1) is 11.3 Å². The molecule has 66 valence electrons. The Bertz CT molecular complexity index is 274. The van der Waals surface area contributed by atoms with Crippen molar-refractivity contribution >= 4 is 33.2 Å². The number of carbonyl (C=O) groups excluding carboxylic acids is 1. The zero-order valence-corrected chi connectivity index (χ0v) is 8.61. The molecule has 0 aliphatic rings. The molecule has 0 radical (unpaired) electrons. The molecule has 0 saturated carbocycles. The second-order valence-electron chi connectivity index (χ2n) is 2.13. The van der Waals surface area contributed by atoms with Crippen molar-refractivity contribution in [1.29, 1.82) is 0 Å². The van der Waals surface area contributed by atoms with Gasteiger partial charge in [-0.05, 0) is 27.4 Å². The van der Waals surface area contributed by atoms with E-state index in [9.17, 15) is 4.79 Å². The molecule has 12 heavy (non-hydrogen) atoms. The van der Waals surface area contributed by atoms with Gasteiger partial charge in [-0.25, -0.2) is 0 Å². The Morgan fingerprint density at radius 1 is 1.75 bits per heavy atom. The second-order valence-corrected chi connectivity index (χ2v) is 3.98. The van der Waals surface area contributed by atoms with Crippen LogP contribution in [0, 0.1) is 0 Å². The first-order valence-electron chi connectivity index (χ1n) is 3.33. The van der Waals surface area contributed by atoms with Gasteiger partial charge in [-0.3, -0.25) is 4.79 Å². The van der Waals surface area contributed by atoms with Crippen LogP contribution in [0.2, 0.25) is 0 Å². The van der Waals surface area contributed by atoms with E-state index in [2.05, 4.69) is 21.2 Å². The number of amides is 1. The molecule has 1 rings (SSSR count). The van der Waals surface area contributed by atoms with Crippen LogP contribution in [0.25, 0.3) is 0 Å². The minimum absolute atomic E-state index is 0.352. The number of thiophene rings is 1. The molecule has 1 amide bonds. The normalized spacial score (nSPS) is 9.83. The quantitative estimate of drug-likeness (QED) is 0.844. The Kier molecular flexibility index (Phi) is 3.71. The van der Waals surface area contributed by atoms with Crippen molar-refractivity contribution in [2.75, 3.05) is 6.61 Å². The lowest BCUT2D eigenvalue weighted by Gasteiger charge is -2.00. The lowest BCUT2D eigenvalue weighted by molar-refractivity contribution is -0.123. The predicted octanol–water partition coefficient (Wildman–Crippen LogP) is 1.12. The molecule has 1 aromatic heterocycles. The monoisotopic (exact) mass is 249 g/mol. The molecule has 0 unspecified atom stereocenters. The number of nitrogens with one attached hydrogen (secondary N) is 1. The third-order valence-electron chi connectivity index (χ3n) is 1.28. The molecule has 0 saturated heterocycles. The highest BCUT2D eigenvalue weighted by Gasteiger charge is 2.02. The summed E-state index contributed by atoms with van der Waals surface area (Å²) in [5.41, 5.74) is 0. The van der Waals surface area contributed by atoms with Gasteiger partial charge in [0.05, 0.1) is 6.54 Å². The minimum Gasteiger partial charge on any atom is -0.387 e. The average Bonchev–Trinajstić information content (AvgIpc) is 2.47. The van der Waals surface area contributed by atoms with Gasteiger partial charge < -0.3 is 10.4 Å². The van der Waals surface area contributed by atoms with E-state index in [1.165, 1.54) is 0 Å². The van der Waals surface area contributed by atoms with Gasteiger partial charge >= 0.3 is 0 Å². The molecule has 0 aromatic carbocycles. The maximum absolute atomic E-state index is 10.6. The van der Waals surface area contributed by atoms with Crippen molar-refractivity contribution in [3.63, 3.8) is 0 Å². The lowest BCUT2D eigenvalue weighted by Crippen LogP contribution is -2.25. The van der Waals surface area contributed by atoms with Crippen molar-refractivity contribution < 1.29 is 9.90 Å². The molecule has 5 heteroatoms. The van der Waals surface area contributed by atoms with Crippen molar-refractivity contribution in [2.24, 2.45) is 0 Å². The number of rotatable bonds is 3. The molecule has 1 aromatic rings. The maximum atomic E-state index is 10.6. The summed E-state index contributed by atoms with van der Waals surface area (Å²) < 4.78 is 0.991. The number of carbonyl (C=O) groups is 1. The number of halogens is 1. The van der Waals surface area contributed by atoms with Gasteiger partial charge in [0.2, 0.25) is 5.91 Å². The minimum atomic E-state index is -0.455. The summed E-state index contributed by atoms with van der Waals surface area (Å²) in [5, 5.41) is 12.9. The average molecular weight is 250 g/mol. The number of aliphatic hydroxyl groups excluding tert-OH is 1. The summed E-state index contributed by atoms with van der Waals surface area (Å²) in [6.45, 7) is 0.0145. The van der Waals surface area contributed by atoms with Crippen LogP contribution in [0.15, 0.2) is 15.9 Å². The van der Waals surface area contributed by atoms with Gasteiger partial charge in [0.15, 0.2) is 0 Å². The van der Waals surface area contributed by atoms with Gasteiger partial charge in [0.25, 0.3) is 0 Å². The van der Waals surface area contributed by atoms with E-state index in [1.54, 1.807) is 11.3 Å². The van der Waals surface area contributed by atoms with Gasteiger partial charge in [-0.2, -0.15) is 0 Å². The second kappa shape index (κ2) is 4.59. The van der Waals surface area contributed by atoms with Crippen molar-refractivity contribution in [1.82, 2.24) is 5.32 Å². The Labute approximate surface area is 82.5 Å². The number of hydrogen-bond acceptors (Lipinski definition) is 3. The first kappa shape index (κ1) is 9.70. The molecule has 0 bridgehead atoms. The SMILES string of the molecule is O=C(CO)NCc1sccc1Br. The van der Waals surface area contributed by atoms with Crippen LogP contribution in [-0.4, -0.2) is 17.6 Å². The summed E-state index contributed by atoms with van der Waals surface area (Å²) in [5.74, 6) is -0.352. The highest BCUT2D eigenvalue weighted by Crippen LogP contribution is 2.21. The van der Waals surface area contributed by atoms with Crippen LogP contribution < -0.4 is 5.32 Å². The van der Waals surface area contributed by atoms with Crippen LogP contribution >= 0.6 is 27.3 Å². The molecule has 0 aliphatic carbocycles. The summed E-state index contributed by atoms with van der Waals surface area (Å²) in [6, 6.07) is 1.92. The van der Waals surface area contributed by atoms with Crippen molar-refractivity contribution in [3.05, 3.63) is 20.8 Å². The Hall–Kier alpha value is -0.390.